The van der Waals surface area contributed by atoms with Crippen LogP contribution < -0.4 is 15.4 Å². The number of rotatable bonds is 9. The molecule has 0 bridgehead atoms. The topological polar surface area (TPSA) is 207 Å². The number of aliphatic hydroxyl groups excluding tert-OH is 6. The summed E-state index contributed by atoms with van der Waals surface area (Å²) in [5, 5.41) is 67.9. The summed E-state index contributed by atoms with van der Waals surface area (Å²) >= 11 is 0. The number of amides is 2. The first-order chi connectivity index (χ1) is 20.5. The summed E-state index contributed by atoms with van der Waals surface area (Å²) in [6.45, 7) is 0.654. The van der Waals surface area contributed by atoms with E-state index in [9.17, 15) is 40.2 Å². The van der Waals surface area contributed by atoms with E-state index in [0.29, 0.717) is 11.1 Å². The predicted octanol–water partition coefficient (Wildman–Crippen LogP) is -0.985. The van der Waals surface area contributed by atoms with Gasteiger partial charge in [-0.05, 0) is 47.9 Å². The molecule has 0 saturated carbocycles. The van der Waals surface area contributed by atoms with Gasteiger partial charge >= 0.3 is 0 Å². The molecule has 2 aliphatic rings. The molecule has 0 aliphatic carbocycles. The molecule has 2 aromatic carbocycles. The Kier molecular flexibility index (Phi) is 10.7. The Morgan fingerprint density at radius 2 is 1.40 bits per heavy atom. The van der Waals surface area contributed by atoms with E-state index < -0.39 is 74.1 Å². The smallest absolute Gasteiger partial charge is 0.251 e. The number of hydrogen-bond donors (Lipinski definition) is 8. The Hall–Kier alpha value is -3.14. The maximum absolute atomic E-state index is 12.4. The molecular formula is C30H40N2O11. The highest BCUT2D eigenvalue weighted by Crippen LogP contribution is 2.36. The third kappa shape index (κ3) is 7.00. The second-order valence-electron chi connectivity index (χ2n) is 10.9. The number of carbonyl (C=O) groups is 2. The van der Waals surface area contributed by atoms with Crippen LogP contribution in [-0.4, -0.2) is 119 Å². The van der Waals surface area contributed by atoms with Gasteiger partial charge in [-0.15, -0.1) is 0 Å². The van der Waals surface area contributed by atoms with E-state index in [0.717, 1.165) is 0 Å². The summed E-state index contributed by atoms with van der Waals surface area (Å²) in [6.07, 6.45) is -9.74. The SMILES string of the molecule is CNC(=O)c1cc(C(=O)NC)cc(-c2cccc(OC3OC(CO)C(O)C(CC4OC(CO)C(C)C(O)C4O)C3O)c2)c1. The highest BCUT2D eigenvalue weighted by atomic mass is 16.7. The normalized spacial score (nSPS) is 32.6. The summed E-state index contributed by atoms with van der Waals surface area (Å²) in [7, 11) is 2.97. The van der Waals surface area contributed by atoms with Gasteiger partial charge in [0.15, 0.2) is 0 Å². The molecule has 43 heavy (non-hydrogen) atoms. The zero-order valence-electron chi connectivity index (χ0n) is 24.2. The van der Waals surface area contributed by atoms with Crippen LogP contribution in [0.4, 0.5) is 0 Å². The number of carbonyl (C=O) groups excluding carboxylic acids is 2. The van der Waals surface area contributed by atoms with Crippen LogP contribution in [0.25, 0.3) is 11.1 Å². The minimum atomic E-state index is -1.45. The molecule has 0 radical (unpaired) electrons. The zero-order valence-corrected chi connectivity index (χ0v) is 24.2. The lowest BCUT2D eigenvalue weighted by atomic mass is 9.80. The average molecular weight is 605 g/mol. The molecule has 13 heteroatoms. The Morgan fingerprint density at radius 1 is 0.767 bits per heavy atom. The van der Waals surface area contributed by atoms with Gasteiger partial charge in [-0.1, -0.05) is 19.1 Å². The maximum Gasteiger partial charge on any atom is 0.251 e. The first-order valence-corrected chi connectivity index (χ1v) is 14.1. The molecule has 236 valence electrons. The van der Waals surface area contributed by atoms with Crippen molar-refractivity contribution in [1.29, 1.82) is 0 Å². The quantitative estimate of drug-likeness (QED) is 0.174. The Morgan fingerprint density at radius 3 is 1.98 bits per heavy atom. The zero-order chi connectivity index (χ0) is 31.4. The number of benzene rings is 2. The minimum Gasteiger partial charge on any atom is -0.462 e. The number of aliphatic hydroxyl groups is 6. The van der Waals surface area contributed by atoms with Gasteiger partial charge in [0.2, 0.25) is 6.29 Å². The molecule has 10 unspecified atom stereocenters. The fourth-order valence-corrected chi connectivity index (χ4v) is 5.62. The van der Waals surface area contributed by atoms with Crippen molar-refractivity contribution >= 4 is 11.8 Å². The molecule has 13 nitrogen and oxygen atoms in total. The van der Waals surface area contributed by atoms with Gasteiger partial charge < -0.3 is 55.5 Å². The molecular weight excluding hydrogens is 564 g/mol. The van der Waals surface area contributed by atoms with Crippen LogP contribution >= 0.6 is 0 Å². The van der Waals surface area contributed by atoms with Crippen molar-refractivity contribution in [3.63, 3.8) is 0 Å². The van der Waals surface area contributed by atoms with Crippen molar-refractivity contribution in [3.8, 4) is 16.9 Å². The van der Waals surface area contributed by atoms with Crippen LogP contribution in [0.5, 0.6) is 5.75 Å². The van der Waals surface area contributed by atoms with Gasteiger partial charge in [0.25, 0.3) is 11.8 Å². The van der Waals surface area contributed by atoms with Crippen molar-refractivity contribution in [1.82, 2.24) is 10.6 Å². The molecule has 2 aliphatic heterocycles. The lowest BCUT2D eigenvalue weighted by Gasteiger charge is -2.46. The predicted molar refractivity (Wildman–Crippen MR) is 152 cm³/mol. The van der Waals surface area contributed by atoms with Crippen molar-refractivity contribution in [2.45, 2.75) is 62.4 Å². The van der Waals surface area contributed by atoms with E-state index in [1.165, 1.54) is 20.2 Å². The van der Waals surface area contributed by atoms with Crippen LogP contribution in [0.15, 0.2) is 42.5 Å². The standard InChI is InChI=1S/C30H40N2O11/c1-14-22(12-33)42-21(27(38)24(14)35)11-20-25(36)23(13-34)43-30(26(20)37)41-19-6-4-5-15(10-19)16-7-17(28(39)31-2)9-18(8-16)29(40)32-3/h4-10,14,20-27,30,33-38H,11-13H2,1-3H3,(H,31,39)(H,32,40). The lowest BCUT2D eigenvalue weighted by Crippen LogP contribution is -2.60. The molecule has 2 amide bonds. The summed E-state index contributed by atoms with van der Waals surface area (Å²) in [5.74, 6) is -2.05. The molecule has 4 rings (SSSR count). The summed E-state index contributed by atoms with van der Waals surface area (Å²) in [4.78, 5) is 24.7. The fraction of sp³-hybridized carbons (Fsp3) is 0.533. The molecule has 2 fully saturated rings. The number of hydrogen-bond acceptors (Lipinski definition) is 11. The highest BCUT2D eigenvalue weighted by Gasteiger charge is 2.49. The van der Waals surface area contributed by atoms with E-state index in [4.69, 9.17) is 14.2 Å². The average Bonchev–Trinajstić information content (AvgIpc) is 3.03. The van der Waals surface area contributed by atoms with Gasteiger partial charge in [0.1, 0.15) is 24.1 Å². The monoisotopic (exact) mass is 604 g/mol. The van der Waals surface area contributed by atoms with E-state index in [2.05, 4.69) is 10.6 Å². The number of nitrogens with one attached hydrogen (secondary N) is 2. The van der Waals surface area contributed by atoms with Crippen LogP contribution in [0.1, 0.15) is 34.1 Å². The molecule has 2 aromatic rings. The second kappa shape index (κ2) is 14.1. The van der Waals surface area contributed by atoms with Crippen LogP contribution in [0.3, 0.4) is 0 Å². The summed E-state index contributed by atoms with van der Waals surface area (Å²) in [6, 6.07) is 11.4. The van der Waals surface area contributed by atoms with Crippen LogP contribution in [0, 0.1) is 11.8 Å². The van der Waals surface area contributed by atoms with Crippen LogP contribution in [-0.2, 0) is 9.47 Å². The summed E-state index contributed by atoms with van der Waals surface area (Å²) < 4.78 is 17.5. The molecule has 8 N–H and O–H groups in total. The van der Waals surface area contributed by atoms with Crippen LogP contribution in [0.2, 0.25) is 0 Å². The number of ether oxygens (including phenoxy) is 3. The molecule has 0 aromatic heterocycles. The first-order valence-electron chi connectivity index (χ1n) is 14.1. The fourth-order valence-electron chi connectivity index (χ4n) is 5.62. The van der Waals surface area contributed by atoms with E-state index in [1.807, 2.05) is 0 Å². The Balaban J connectivity index is 1.58. The van der Waals surface area contributed by atoms with E-state index in [1.54, 1.807) is 43.3 Å². The van der Waals surface area contributed by atoms with E-state index >= 15 is 0 Å². The van der Waals surface area contributed by atoms with Crippen molar-refractivity contribution in [2.75, 3.05) is 27.3 Å². The third-order valence-electron chi connectivity index (χ3n) is 8.25. The molecule has 2 heterocycles. The molecule has 10 atom stereocenters. The Labute approximate surface area is 249 Å². The van der Waals surface area contributed by atoms with Gasteiger partial charge in [-0.2, -0.15) is 0 Å². The highest BCUT2D eigenvalue weighted by molar-refractivity contribution is 6.01. The minimum absolute atomic E-state index is 0.127. The van der Waals surface area contributed by atoms with Crippen molar-refractivity contribution in [3.05, 3.63) is 53.6 Å². The summed E-state index contributed by atoms with van der Waals surface area (Å²) in [5.41, 5.74) is 1.68. The first kappa shape index (κ1) is 32.8. The van der Waals surface area contributed by atoms with Gasteiger partial charge in [0.05, 0.1) is 37.6 Å². The van der Waals surface area contributed by atoms with Gasteiger partial charge in [-0.3, -0.25) is 9.59 Å². The maximum atomic E-state index is 12.4. The van der Waals surface area contributed by atoms with Crippen molar-refractivity contribution in [2.24, 2.45) is 11.8 Å². The molecule has 0 spiro atoms. The lowest BCUT2D eigenvalue weighted by molar-refractivity contribution is -0.275. The largest absolute Gasteiger partial charge is 0.462 e. The Bertz CT molecular complexity index is 1240. The second-order valence-corrected chi connectivity index (χ2v) is 10.9. The van der Waals surface area contributed by atoms with E-state index in [-0.39, 0.29) is 35.1 Å². The third-order valence-corrected chi connectivity index (χ3v) is 8.25. The van der Waals surface area contributed by atoms with Gasteiger partial charge in [-0.25, -0.2) is 0 Å². The van der Waals surface area contributed by atoms with Gasteiger partial charge in [0, 0.05) is 37.1 Å². The van der Waals surface area contributed by atoms with Crippen molar-refractivity contribution < 1.29 is 54.4 Å². The molecule has 2 saturated heterocycles.